The van der Waals surface area contributed by atoms with E-state index in [-0.39, 0.29) is 11.8 Å². The molecule has 0 aliphatic heterocycles. The Morgan fingerprint density at radius 3 is 2.72 bits per heavy atom. The summed E-state index contributed by atoms with van der Waals surface area (Å²) in [4.78, 5) is 9.93. The first kappa shape index (κ1) is 14.3. The normalized spacial score (nSPS) is 12.2. The van der Waals surface area contributed by atoms with Crippen molar-refractivity contribution in [1.29, 1.82) is 0 Å². The summed E-state index contributed by atoms with van der Waals surface area (Å²) in [7, 11) is 3.07. The van der Waals surface area contributed by atoms with Gasteiger partial charge in [-0.2, -0.15) is 0 Å². The summed E-state index contributed by atoms with van der Waals surface area (Å²) in [5.74, 6) is -0.660. The molecule has 0 saturated carbocycles. The van der Waals surface area contributed by atoms with Crippen LogP contribution in [0, 0.1) is 15.9 Å². The van der Waals surface area contributed by atoms with E-state index in [1.807, 2.05) is 0 Å². The Kier molecular flexibility index (Phi) is 5.47. The first-order valence-electron chi connectivity index (χ1n) is 5.27. The van der Waals surface area contributed by atoms with Crippen molar-refractivity contribution in [3.63, 3.8) is 0 Å². The minimum atomic E-state index is -0.660. The van der Waals surface area contributed by atoms with Crippen molar-refractivity contribution in [2.24, 2.45) is 0 Å². The molecule has 0 spiro atoms. The van der Waals surface area contributed by atoms with Crippen LogP contribution in [0.4, 0.5) is 15.8 Å². The number of hydrogen-bond donors (Lipinski definition) is 1. The standard InChI is InChI=1S/C11H15FN2O4/c1-17-7-11(18-2)6-13-9-3-8(12)4-10(5-9)14(15)16/h3-5,11,13H,6-7H2,1-2H3. The SMILES string of the molecule is COCC(CNc1cc(F)cc([N+](=O)[O-])c1)OC. The summed E-state index contributed by atoms with van der Waals surface area (Å²) >= 11 is 0. The quantitative estimate of drug-likeness (QED) is 0.596. The average molecular weight is 258 g/mol. The summed E-state index contributed by atoms with van der Waals surface area (Å²) in [6.45, 7) is 0.742. The van der Waals surface area contributed by atoms with E-state index in [0.717, 1.165) is 6.07 Å². The fourth-order valence-corrected chi connectivity index (χ4v) is 1.41. The van der Waals surface area contributed by atoms with Crippen LogP contribution in [0.3, 0.4) is 0 Å². The first-order chi connectivity index (χ1) is 8.56. The van der Waals surface area contributed by atoms with E-state index in [1.54, 1.807) is 7.11 Å². The molecular formula is C11H15FN2O4. The monoisotopic (exact) mass is 258 g/mol. The van der Waals surface area contributed by atoms with Gasteiger partial charge in [-0.15, -0.1) is 0 Å². The number of ether oxygens (including phenoxy) is 2. The molecule has 100 valence electrons. The lowest BCUT2D eigenvalue weighted by molar-refractivity contribution is -0.385. The van der Waals surface area contributed by atoms with E-state index in [9.17, 15) is 14.5 Å². The highest BCUT2D eigenvalue weighted by atomic mass is 19.1. The molecule has 1 atom stereocenters. The smallest absolute Gasteiger partial charge is 0.274 e. The summed E-state index contributed by atoms with van der Waals surface area (Å²) in [6.07, 6.45) is -0.211. The van der Waals surface area contributed by atoms with E-state index < -0.39 is 10.7 Å². The molecule has 0 bridgehead atoms. The summed E-state index contributed by atoms with van der Waals surface area (Å²) in [6, 6.07) is 3.32. The number of benzene rings is 1. The van der Waals surface area contributed by atoms with Gasteiger partial charge >= 0.3 is 0 Å². The fourth-order valence-electron chi connectivity index (χ4n) is 1.41. The molecule has 6 nitrogen and oxygen atoms in total. The number of methoxy groups -OCH3 is 2. The van der Waals surface area contributed by atoms with E-state index >= 15 is 0 Å². The molecule has 0 fully saturated rings. The van der Waals surface area contributed by atoms with Crippen molar-refractivity contribution < 1.29 is 18.8 Å². The molecule has 0 aliphatic carbocycles. The van der Waals surface area contributed by atoms with Gasteiger partial charge in [0.15, 0.2) is 0 Å². The van der Waals surface area contributed by atoms with Crippen LogP contribution in [0.1, 0.15) is 0 Å². The number of nitro benzene ring substituents is 1. The van der Waals surface area contributed by atoms with Gasteiger partial charge in [-0.05, 0) is 6.07 Å². The van der Waals surface area contributed by atoms with Gasteiger partial charge in [0, 0.05) is 32.5 Å². The van der Waals surface area contributed by atoms with Crippen LogP contribution in [0.5, 0.6) is 0 Å². The predicted octanol–water partition coefficient (Wildman–Crippen LogP) is 1.81. The number of nitrogens with zero attached hydrogens (tertiary/aromatic N) is 1. The Hall–Kier alpha value is -1.73. The minimum absolute atomic E-state index is 0.211. The van der Waals surface area contributed by atoms with E-state index in [0.29, 0.717) is 18.8 Å². The van der Waals surface area contributed by atoms with E-state index in [1.165, 1.54) is 19.2 Å². The third kappa shape index (κ3) is 4.27. The molecule has 0 saturated heterocycles. The summed E-state index contributed by atoms with van der Waals surface area (Å²) in [5.41, 5.74) is 0.0399. The summed E-state index contributed by atoms with van der Waals surface area (Å²) < 4.78 is 23.2. The molecule has 18 heavy (non-hydrogen) atoms. The van der Waals surface area contributed by atoms with Crippen LogP contribution in [0.25, 0.3) is 0 Å². The molecule has 0 heterocycles. The zero-order chi connectivity index (χ0) is 13.5. The Bertz CT molecular complexity index is 414. The lowest BCUT2D eigenvalue weighted by Gasteiger charge is -2.15. The van der Waals surface area contributed by atoms with Crippen LogP contribution < -0.4 is 5.32 Å². The first-order valence-corrected chi connectivity index (χ1v) is 5.27. The largest absolute Gasteiger partial charge is 0.382 e. The van der Waals surface area contributed by atoms with Gasteiger partial charge in [0.25, 0.3) is 5.69 Å². The van der Waals surface area contributed by atoms with Crippen LogP contribution in [-0.4, -0.2) is 38.4 Å². The van der Waals surface area contributed by atoms with Crippen molar-refractivity contribution in [1.82, 2.24) is 0 Å². The Morgan fingerprint density at radius 2 is 2.17 bits per heavy atom. The maximum absolute atomic E-state index is 13.1. The third-order valence-corrected chi connectivity index (χ3v) is 2.31. The highest BCUT2D eigenvalue weighted by Crippen LogP contribution is 2.19. The second-order valence-corrected chi connectivity index (χ2v) is 3.65. The molecule has 1 aromatic rings. The van der Waals surface area contributed by atoms with E-state index in [2.05, 4.69) is 5.32 Å². The van der Waals surface area contributed by atoms with Gasteiger partial charge in [0.1, 0.15) is 5.82 Å². The van der Waals surface area contributed by atoms with Crippen molar-refractivity contribution in [3.8, 4) is 0 Å². The van der Waals surface area contributed by atoms with Gasteiger partial charge in [0.2, 0.25) is 0 Å². The lowest BCUT2D eigenvalue weighted by atomic mass is 10.2. The van der Waals surface area contributed by atoms with Crippen LogP contribution in [0.2, 0.25) is 0 Å². The maximum Gasteiger partial charge on any atom is 0.274 e. The molecule has 7 heteroatoms. The zero-order valence-corrected chi connectivity index (χ0v) is 10.2. The zero-order valence-electron chi connectivity index (χ0n) is 10.2. The molecule has 0 amide bonds. The topological polar surface area (TPSA) is 73.6 Å². The summed E-state index contributed by atoms with van der Waals surface area (Å²) in [5, 5.41) is 13.4. The van der Waals surface area contributed by atoms with Crippen LogP contribution >= 0.6 is 0 Å². The molecule has 1 N–H and O–H groups in total. The average Bonchev–Trinajstić information content (AvgIpc) is 2.33. The second-order valence-electron chi connectivity index (χ2n) is 3.65. The number of nitrogens with one attached hydrogen (secondary N) is 1. The van der Waals surface area contributed by atoms with Gasteiger partial charge in [0.05, 0.1) is 23.7 Å². The second kappa shape index (κ2) is 6.87. The Balaban J connectivity index is 2.69. The van der Waals surface area contributed by atoms with Gasteiger partial charge in [-0.1, -0.05) is 0 Å². The van der Waals surface area contributed by atoms with Crippen molar-refractivity contribution in [2.75, 3.05) is 32.7 Å². The number of anilines is 1. The van der Waals surface area contributed by atoms with E-state index in [4.69, 9.17) is 9.47 Å². The minimum Gasteiger partial charge on any atom is -0.382 e. The number of nitro groups is 1. The van der Waals surface area contributed by atoms with Crippen molar-refractivity contribution >= 4 is 11.4 Å². The van der Waals surface area contributed by atoms with Gasteiger partial charge in [-0.25, -0.2) is 4.39 Å². The maximum atomic E-state index is 13.1. The molecule has 0 radical (unpaired) electrons. The van der Waals surface area contributed by atoms with Crippen LogP contribution in [-0.2, 0) is 9.47 Å². The van der Waals surface area contributed by atoms with Gasteiger partial charge < -0.3 is 14.8 Å². The molecule has 1 aromatic carbocycles. The lowest BCUT2D eigenvalue weighted by Crippen LogP contribution is -2.26. The van der Waals surface area contributed by atoms with Crippen LogP contribution in [0.15, 0.2) is 18.2 Å². The van der Waals surface area contributed by atoms with Crippen molar-refractivity contribution in [2.45, 2.75) is 6.10 Å². The third-order valence-electron chi connectivity index (χ3n) is 2.31. The fraction of sp³-hybridized carbons (Fsp3) is 0.455. The number of hydrogen-bond acceptors (Lipinski definition) is 5. The predicted molar refractivity (Wildman–Crippen MR) is 64.2 cm³/mol. The number of halogens is 1. The highest BCUT2D eigenvalue weighted by Gasteiger charge is 2.11. The number of rotatable bonds is 7. The Morgan fingerprint density at radius 1 is 1.44 bits per heavy atom. The molecule has 1 unspecified atom stereocenters. The van der Waals surface area contributed by atoms with Crippen molar-refractivity contribution in [3.05, 3.63) is 34.1 Å². The highest BCUT2D eigenvalue weighted by molar-refractivity contribution is 5.51. The molecule has 0 aliphatic rings. The van der Waals surface area contributed by atoms with Gasteiger partial charge in [-0.3, -0.25) is 10.1 Å². The molecular weight excluding hydrogens is 243 g/mol. The number of non-ortho nitro benzene ring substituents is 1. The molecule has 1 rings (SSSR count). The molecule has 0 aromatic heterocycles. The Labute approximate surface area is 104 Å².